The van der Waals surface area contributed by atoms with Gasteiger partial charge in [0.05, 0.1) is 27.3 Å². The lowest BCUT2D eigenvalue weighted by atomic mass is 10.0. The molecule has 4 rings (SSSR count). The Balaban J connectivity index is 0.000000216. The first-order valence-electron chi connectivity index (χ1n) is 9.67. The van der Waals surface area contributed by atoms with Gasteiger partial charge in [-0.25, -0.2) is 15.0 Å². The Hall–Kier alpha value is -2.83. The number of rotatable bonds is 5. The Morgan fingerprint density at radius 3 is 2.53 bits per heavy atom. The zero-order valence-electron chi connectivity index (χ0n) is 17.2. The third-order valence-electron chi connectivity index (χ3n) is 4.79. The molecule has 1 aliphatic rings. The number of nitrogens with zero attached hydrogens (tertiary/aromatic N) is 4. The van der Waals surface area contributed by atoms with Crippen molar-refractivity contribution in [3.63, 3.8) is 0 Å². The molecule has 1 aliphatic carbocycles. The summed E-state index contributed by atoms with van der Waals surface area (Å²) in [6.45, 7) is 6.06. The van der Waals surface area contributed by atoms with Crippen LogP contribution in [0, 0.1) is 32.1 Å². The fraction of sp³-hybridized carbons (Fsp3) is 0.381. The number of pyridine rings is 1. The number of hydrogen-bond acceptors (Lipinski definition) is 8. The van der Waals surface area contributed by atoms with Crippen LogP contribution in [0.2, 0.25) is 0 Å². The number of carbonyl (C=O) groups is 1. The van der Waals surface area contributed by atoms with E-state index in [-0.39, 0.29) is 0 Å². The fourth-order valence-electron chi connectivity index (χ4n) is 3.24. The van der Waals surface area contributed by atoms with Crippen LogP contribution in [0.1, 0.15) is 41.9 Å². The molecule has 0 saturated heterocycles. The summed E-state index contributed by atoms with van der Waals surface area (Å²) in [5, 5.41) is 18.4. The number of anilines is 2. The van der Waals surface area contributed by atoms with Crippen molar-refractivity contribution >= 4 is 40.0 Å². The van der Waals surface area contributed by atoms with Gasteiger partial charge in [-0.2, -0.15) is 5.26 Å². The van der Waals surface area contributed by atoms with Crippen LogP contribution in [-0.4, -0.2) is 26.9 Å². The molecule has 2 N–H and O–H groups in total. The maximum atomic E-state index is 10.1. The molecule has 1 fully saturated rings. The van der Waals surface area contributed by atoms with Crippen LogP contribution in [0.5, 0.6) is 0 Å². The van der Waals surface area contributed by atoms with E-state index in [9.17, 15) is 4.79 Å². The molecule has 3 heterocycles. The van der Waals surface area contributed by atoms with E-state index in [0.717, 1.165) is 63.5 Å². The summed E-state index contributed by atoms with van der Waals surface area (Å²) in [5.41, 5.74) is 2.64. The van der Waals surface area contributed by atoms with Gasteiger partial charge in [0.25, 0.3) is 0 Å². The Morgan fingerprint density at radius 1 is 1.20 bits per heavy atom. The molecular weight excluding hydrogens is 416 g/mol. The first-order chi connectivity index (χ1) is 14.4. The van der Waals surface area contributed by atoms with Gasteiger partial charge in [-0.05, 0) is 58.1 Å². The smallest absolute Gasteiger partial charge is 0.208 e. The Labute approximate surface area is 184 Å². The molecule has 3 aromatic heterocycles. The van der Waals surface area contributed by atoms with Gasteiger partial charge in [0, 0.05) is 11.6 Å². The number of hydrogen-bond donors (Lipinski definition) is 2. The second kappa shape index (κ2) is 9.78. The average Bonchev–Trinajstić information content (AvgIpc) is 3.45. The number of nitriles is 1. The summed E-state index contributed by atoms with van der Waals surface area (Å²) in [4.78, 5) is 24.6. The van der Waals surface area contributed by atoms with Gasteiger partial charge in [0.1, 0.15) is 11.4 Å². The summed E-state index contributed by atoms with van der Waals surface area (Å²) in [6, 6.07) is 6.12. The van der Waals surface area contributed by atoms with E-state index in [0.29, 0.717) is 6.41 Å². The lowest BCUT2D eigenvalue weighted by Gasteiger charge is -2.17. The molecule has 156 valence electrons. The van der Waals surface area contributed by atoms with E-state index >= 15 is 0 Å². The predicted octanol–water partition coefficient (Wildman–Crippen LogP) is 4.90. The first-order valence-corrected chi connectivity index (χ1v) is 11.4. The van der Waals surface area contributed by atoms with E-state index in [2.05, 4.69) is 37.0 Å². The fourth-order valence-corrected chi connectivity index (χ4v) is 4.90. The molecular formula is C21H24N6OS2. The van der Waals surface area contributed by atoms with Crippen molar-refractivity contribution in [1.82, 2.24) is 20.3 Å². The molecule has 0 radical (unpaired) electrons. The van der Waals surface area contributed by atoms with Gasteiger partial charge in [0.2, 0.25) is 6.41 Å². The number of thiazole rings is 2. The minimum atomic E-state index is -0.526. The topological polar surface area (TPSA) is 104 Å². The number of aryl methyl sites for hydroxylation is 3. The van der Waals surface area contributed by atoms with Gasteiger partial charge in [-0.3, -0.25) is 4.79 Å². The van der Waals surface area contributed by atoms with Crippen molar-refractivity contribution in [3.8, 4) is 16.6 Å². The molecule has 3 aromatic rings. The van der Waals surface area contributed by atoms with Crippen molar-refractivity contribution < 1.29 is 4.79 Å². The monoisotopic (exact) mass is 440 g/mol. The second-order valence-electron chi connectivity index (χ2n) is 7.19. The highest BCUT2D eigenvalue weighted by molar-refractivity contribution is 7.16. The van der Waals surface area contributed by atoms with Crippen molar-refractivity contribution in [2.45, 2.75) is 52.0 Å². The van der Waals surface area contributed by atoms with E-state index in [1.807, 2.05) is 39.1 Å². The van der Waals surface area contributed by atoms with Crippen molar-refractivity contribution in [1.29, 1.82) is 5.26 Å². The summed E-state index contributed by atoms with van der Waals surface area (Å²) in [6.07, 6.45) is 6.18. The minimum Gasteiger partial charge on any atom is -0.340 e. The number of amides is 1. The molecule has 0 bridgehead atoms. The van der Waals surface area contributed by atoms with Crippen LogP contribution in [0.15, 0.2) is 23.7 Å². The van der Waals surface area contributed by atoms with Crippen molar-refractivity contribution in [2.24, 2.45) is 0 Å². The van der Waals surface area contributed by atoms with E-state index in [4.69, 9.17) is 5.26 Å². The number of carbonyl (C=O) groups excluding carboxylic acids is 1. The quantitative estimate of drug-likeness (QED) is 0.547. The molecule has 0 atom stereocenters. The van der Waals surface area contributed by atoms with Crippen molar-refractivity contribution in [3.05, 3.63) is 40.0 Å². The molecule has 7 nitrogen and oxygen atoms in total. The van der Waals surface area contributed by atoms with Gasteiger partial charge in [-0.15, -0.1) is 22.7 Å². The van der Waals surface area contributed by atoms with Crippen molar-refractivity contribution in [2.75, 3.05) is 5.32 Å². The van der Waals surface area contributed by atoms with Gasteiger partial charge in [-0.1, -0.05) is 6.07 Å². The molecule has 30 heavy (non-hydrogen) atoms. The summed E-state index contributed by atoms with van der Waals surface area (Å²) in [5.74, 6) is 0.814. The lowest BCUT2D eigenvalue weighted by molar-refractivity contribution is -0.110. The van der Waals surface area contributed by atoms with Crippen LogP contribution in [0.3, 0.4) is 0 Å². The molecule has 0 spiro atoms. The van der Waals surface area contributed by atoms with Gasteiger partial charge in [0.15, 0.2) is 5.13 Å². The molecule has 1 amide bonds. The SMILES string of the molecule is Cc1ccc(Nc2nc(-c3sc(C)nc3C)cs2)nc1.N#CC1(NC=O)CCCC1. The van der Waals surface area contributed by atoms with Gasteiger partial charge >= 0.3 is 0 Å². The Bertz CT molecular complexity index is 1030. The highest BCUT2D eigenvalue weighted by Crippen LogP contribution is 2.32. The summed E-state index contributed by atoms with van der Waals surface area (Å²) >= 11 is 3.26. The maximum absolute atomic E-state index is 10.1. The zero-order valence-corrected chi connectivity index (χ0v) is 18.9. The summed E-state index contributed by atoms with van der Waals surface area (Å²) in [7, 11) is 0. The third kappa shape index (κ3) is 5.40. The highest BCUT2D eigenvalue weighted by Gasteiger charge is 2.32. The standard InChI is InChI=1S/C14H14N4S2.C7H10N2O/c1-8-4-5-12(15-6-8)18-14-17-11(7-19-14)13-9(2)16-10(3)20-13;8-5-7(9-6-10)3-1-2-4-7/h4-7H,1-3H3,(H,15,17,18);6H,1-4H2,(H,9,10). The van der Waals surface area contributed by atoms with Gasteiger partial charge < -0.3 is 10.6 Å². The van der Waals surface area contributed by atoms with E-state index < -0.39 is 5.54 Å². The first kappa shape index (κ1) is 21.9. The highest BCUT2D eigenvalue weighted by atomic mass is 32.1. The average molecular weight is 441 g/mol. The number of aromatic nitrogens is 3. The predicted molar refractivity (Wildman–Crippen MR) is 121 cm³/mol. The Kier molecular flexibility index (Phi) is 7.13. The van der Waals surface area contributed by atoms with Crippen LogP contribution in [-0.2, 0) is 4.79 Å². The molecule has 1 saturated carbocycles. The minimum absolute atomic E-state index is 0.526. The van der Waals surface area contributed by atoms with E-state index in [1.54, 1.807) is 22.7 Å². The van der Waals surface area contributed by atoms with Crippen LogP contribution >= 0.6 is 22.7 Å². The third-order valence-corrected chi connectivity index (χ3v) is 6.65. The largest absolute Gasteiger partial charge is 0.340 e. The van der Waals surface area contributed by atoms with Crippen LogP contribution < -0.4 is 10.6 Å². The van der Waals surface area contributed by atoms with Crippen LogP contribution in [0.4, 0.5) is 10.9 Å². The summed E-state index contributed by atoms with van der Waals surface area (Å²) < 4.78 is 0. The maximum Gasteiger partial charge on any atom is 0.208 e. The zero-order chi connectivity index (χ0) is 21.6. The van der Waals surface area contributed by atoms with Crippen LogP contribution in [0.25, 0.3) is 10.6 Å². The Morgan fingerprint density at radius 2 is 1.97 bits per heavy atom. The normalized spacial score (nSPS) is 14.3. The lowest BCUT2D eigenvalue weighted by Crippen LogP contribution is -2.40. The molecule has 9 heteroatoms. The molecule has 0 aliphatic heterocycles. The molecule has 0 unspecified atom stereocenters. The second-order valence-corrected chi connectivity index (χ2v) is 9.26. The van der Waals surface area contributed by atoms with E-state index in [1.165, 1.54) is 0 Å². The number of nitrogens with one attached hydrogen (secondary N) is 2. The molecule has 0 aromatic carbocycles.